The number of nitrogens with zero attached hydrogens (tertiary/aromatic N) is 1. The molecule has 1 heterocycles. The van der Waals surface area contributed by atoms with E-state index in [0.29, 0.717) is 17.7 Å². The van der Waals surface area contributed by atoms with E-state index in [0.717, 1.165) is 0 Å². The molecule has 0 saturated heterocycles. The Morgan fingerprint density at radius 1 is 0.917 bits per heavy atom. The number of carboxylic acids is 1. The second-order valence-electron chi connectivity index (χ2n) is 9.09. The average Bonchev–Trinajstić information content (AvgIpc) is 3.31. The largest absolute Gasteiger partial charge is 0.508 e. The van der Waals surface area contributed by atoms with Crippen LogP contribution in [0.2, 0.25) is 0 Å². The summed E-state index contributed by atoms with van der Waals surface area (Å²) in [5, 5.41) is 26.9. The molecule has 0 saturated carbocycles. The Kier molecular flexibility index (Phi) is 10.4. The maximum Gasteiger partial charge on any atom is 0.326 e. The lowest BCUT2D eigenvalue weighted by Gasteiger charge is -2.26. The Hall–Kier alpha value is -3.93. The van der Waals surface area contributed by atoms with E-state index in [-0.39, 0.29) is 24.5 Å². The number of hydrogen-bond acceptors (Lipinski definition) is 7. The van der Waals surface area contributed by atoms with Crippen LogP contribution in [0.25, 0.3) is 0 Å². The van der Waals surface area contributed by atoms with Gasteiger partial charge < -0.3 is 36.9 Å². The third-order valence-corrected chi connectivity index (χ3v) is 5.36. The standard InChI is InChI=1S/C24H34N6O6/c1-13(2)8-18(28-21(32)14(3)25)22(33)29-19(9-15-4-6-17(31)7-5-15)23(34)30-20(24(35)36)10-16-11-26-12-27-16/h4-7,11-14,18-20,31H,8-10,25H2,1-3H3,(H,26,27)(H,28,32)(H,29,33)(H,30,34)(H,35,36). The fourth-order valence-corrected chi connectivity index (χ4v) is 3.44. The molecule has 2 rings (SSSR count). The lowest BCUT2D eigenvalue weighted by Crippen LogP contribution is -2.57. The number of nitrogens with two attached hydrogens (primary N) is 1. The number of aromatic hydroxyl groups is 1. The highest BCUT2D eigenvalue weighted by atomic mass is 16.4. The number of aliphatic carboxylic acids is 1. The quantitative estimate of drug-likeness (QED) is 0.196. The second-order valence-corrected chi connectivity index (χ2v) is 9.09. The molecule has 4 atom stereocenters. The molecule has 0 radical (unpaired) electrons. The summed E-state index contributed by atoms with van der Waals surface area (Å²) < 4.78 is 0. The van der Waals surface area contributed by atoms with Crippen molar-refractivity contribution in [1.82, 2.24) is 25.9 Å². The van der Waals surface area contributed by atoms with Crippen molar-refractivity contribution in [2.24, 2.45) is 11.7 Å². The van der Waals surface area contributed by atoms with E-state index in [1.54, 1.807) is 12.1 Å². The lowest BCUT2D eigenvalue weighted by molar-refractivity contribution is -0.142. The number of amides is 3. The molecule has 1 aromatic carbocycles. The number of aromatic nitrogens is 2. The summed E-state index contributed by atoms with van der Waals surface area (Å²) in [7, 11) is 0. The van der Waals surface area contributed by atoms with E-state index < -0.39 is 47.9 Å². The van der Waals surface area contributed by atoms with E-state index in [9.17, 15) is 29.4 Å². The van der Waals surface area contributed by atoms with Crippen molar-refractivity contribution in [3.8, 4) is 5.75 Å². The smallest absolute Gasteiger partial charge is 0.326 e. The van der Waals surface area contributed by atoms with Crippen molar-refractivity contribution < 1.29 is 29.4 Å². The molecule has 1 aromatic heterocycles. The fourth-order valence-electron chi connectivity index (χ4n) is 3.44. The van der Waals surface area contributed by atoms with Crippen LogP contribution in [0, 0.1) is 5.92 Å². The van der Waals surface area contributed by atoms with Crippen molar-refractivity contribution >= 4 is 23.7 Å². The first-order valence-corrected chi connectivity index (χ1v) is 11.6. The maximum absolute atomic E-state index is 13.2. The Morgan fingerprint density at radius 2 is 1.50 bits per heavy atom. The molecular weight excluding hydrogens is 468 g/mol. The van der Waals surface area contributed by atoms with Crippen LogP contribution in [-0.2, 0) is 32.0 Å². The zero-order valence-corrected chi connectivity index (χ0v) is 20.5. The molecule has 0 aliphatic rings. The number of benzene rings is 1. The topological polar surface area (TPSA) is 200 Å². The van der Waals surface area contributed by atoms with Crippen molar-refractivity contribution in [3.05, 3.63) is 48.0 Å². The van der Waals surface area contributed by atoms with Crippen LogP contribution >= 0.6 is 0 Å². The van der Waals surface area contributed by atoms with E-state index in [2.05, 4.69) is 25.9 Å². The number of H-pyrrole nitrogens is 1. The summed E-state index contributed by atoms with van der Waals surface area (Å²) in [6.45, 7) is 5.25. The van der Waals surface area contributed by atoms with Gasteiger partial charge in [-0.15, -0.1) is 0 Å². The molecule has 2 aromatic rings. The molecule has 0 fully saturated rings. The number of aromatic amines is 1. The number of phenolic OH excluding ortho intramolecular Hbond substituents is 1. The zero-order chi connectivity index (χ0) is 26.8. The van der Waals surface area contributed by atoms with E-state index in [1.165, 1.54) is 31.6 Å². The summed E-state index contributed by atoms with van der Waals surface area (Å²) in [4.78, 5) is 56.9. The molecular formula is C24H34N6O6. The average molecular weight is 503 g/mol. The van der Waals surface area contributed by atoms with Crippen LogP contribution in [0.4, 0.5) is 0 Å². The minimum Gasteiger partial charge on any atom is -0.508 e. The normalized spacial score (nSPS) is 14.4. The van der Waals surface area contributed by atoms with Crippen molar-refractivity contribution in [3.63, 3.8) is 0 Å². The van der Waals surface area contributed by atoms with E-state index in [1.807, 2.05) is 13.8 Å². The molecule has 196 valence electrons. The monoisotopic (exact) mass is 502 g/mol. The van der Waals surface area contributed by atoms with Gasteiger partial charge >= 0.3 is 5.97 Å². The number of imidazole rings is 1. The minimum atomic E-state index is -1.28. The summed E-state index contributed by atoms with van der Waals surface area (Å²) in [6.07, 6.45) is 3.13. The third-order valence-electron chi connectivity index (χ3n) is 5.36. The molecule has 12 nitrogen and oxygen atoms in total. The molecule has 0 bridgehead atoms. The number of carboxylic acid groups (broad SMARTS) is 1. The Balaban J connectivity index is 2.25. The predicted octanol–water partition coefficient (Wildman–Crippen LogP) is -0.167. The molecule has 36 heavy (non-hydrogen) atoms. The Morgan fingerprint density at radius 3 is 2.03 bits per heavy atom. The first-order valence-electron chi connectivity index (χ1n) is 11.6. The van der Waals surface area contributed by atoms with Gasteiger partial charge in [0.05, 0.1) is 12.4 Å². The van der Waals surface area contributed by atoms with Gasteiger partial charge in [0.2, 0.25) is 17.7 Å². The van der Waals surface area contributed by atoms with Gasteiger partial charge in [0.25, 0.3) is 0 Å². The number of hydrogen-bond donors (Lipinski definition) is 7. The molecule has 4 unspecified atom stereocenters. The summed E-state index contributed by atoms with van der Waals surface area (Å²) in [5.74, 6) is -3.01. The van der Waals surface area contributed by atoms with Crippen LogP contribution < -0.4 is 21.7 Å². The lowest BCUT2D eigenvalue weighted by atomic mass is 10.0. The van der Waals surface area contributed by atoms with Crippen LogP contribution in [0.1, 0.15) is 38.4 Å². The van der Waals surface area contributed by atoms with E-state index >= 15 is 0 Å². The maximum atomic E-state index is 13.2. The SMILES string of the molecule is CC(C)CC(NC(=O)C(C)N)C(=O)NC(Cc1ccc(O)cc1)C(=O)NC(Cc1cnc[nH]1)C(=O)O. The first kappa shape index (κ1) is 28.3. The van der Waals surface area contributed by atoms with Gasteiger partial charge in [-0.1, -0.05) is 26.0 Å². The minimum absolute atomic E-state index is 0.0177. The molecule has 8 N–H and O–H groups in total. The van der Waals surface area contributed by atoms with Gasteiger partial charge in [-0.05, 0) is 37.0 Å². The fraction of sp³-hybridized carbons (Fsp3) is 0.458. The second kappa shape index (κ2) is 13.2. The van der Waals surface area contributed by atoms with Gasteiger partial charge in [0.1, 0.15) is 23.9 Å². The number of carbonyl (C=O) groups excluding carboxylic acids is 3. The van der Waals surface area contributed by atoms with Gasteiger partial charge in [0.15, 0.2) is 0 Å². The van der Waals surface area contributed by atoms with Crippen LogP contribution in [0.5, 0.6) is 5.75 Å². The van der Waals surface area contributed by atoms with Crippen molar-refractivity contribution in [1.29, 1.82) is 0 Å². The molecule has 3 amide bonds. The number of carbonyl (C=O) groups is 4. The van der Waals surface area contributed by atoms with Crippen molar-refractivity contribution in [2.45, 2.75) is 64.2 Å². The third kappa shape index (κ3) is 9.02. The number of rotatable bonds is 13. The highest BCUT2D eigenvalue weighted by Crippen LogP contribution is 2.13. The predicted molar refractivity (Wildman–Crippen MR) is 131 cm³/mol. The van der Waals surface area contributed by atoms with Crippen LogP contribution in [-0.4, -0.2) is 68.0 Å². The van der Waals surface area contributed by atoms with Gasteiger partial charge in [-0.3, -0.25) is 14.4 Å². The van der Waals surface area contributed by atoms with Gasteiger partial charge in [0, 0.05) is 24.7 Å². The molecule has 0 aliphatic carbocycles. The van der Waals surface area contributed by atoms with E-state index in [4.69, 9.17) is 5.73 Å². The summed E-state index contributed by atoms with van der Waals surface area (Å²) in [5.41, 5.74) is 6.76. The molecule has 0 spiro atoms. The molecule has 0 aliphatic heterocycles. The highest BCUT2D eigenvalue weighted by Gasteiger charge is 2.30. The van der Waals surface area contributed by atoms with Crippen LogP contribution in [0.3, 0.4) is 0 Å². The zero-order valence-electron chi connectivity index (χ0n) is 20.5. The number of nitrogens with one attached hydrogen (secondary N) is 4. The Labute approximate surface area is 209 Å². The van der Waals surface area contributed by atoms with Crippen LogP contribution in [0.15, 0.2) is 36.8 Å². The highest BCUT2D eigenvalue weighted by molar-refractivity contribution is 5.94. The summed E-state index contributed by atoms with van der Waals surface area (Å²) in [6, 6.07) is 1.84. The Bertz CT molecular complexity index is 1020. The molecule has 12 heteroatoms. The first-order chi connectivity index (χ1) is 17.0. The number of phenols is 1. The summed E-state index contributed by atoms with van der Waals surface area (Å²) >= 11 is 0. The van der Waals surface area contributed by atoms with Gasteiger partial charge in [-0.2, -0.15) is 0 Å². The van der Waals surface area contributed by atoms with Crippen molar-refractivity contribution in [2.75, 3.05) is 0 Å². The van der Waals surface area contributed by atoms with Gasteiger partial charge in [-0.25, -0.2) is 9.78 Å².